The molecule has 0 spiro atoms. The molecule has 2 amide bonds. The van der Waals surface area contributed by atoms with E-state index in [1.54, 1.807) is 0 Å². The van der Waals surface area contributed by atoms with E-state index in [0.717, 1.165) is 24.4 Å². The number of rotatable bonds is 6. The monoisotopic (exact) mass is 489 g/mol. The average Bonchev–Trinajstić information content (AvgIpc) is 2.74. The van der Waals surface area contributed by atoms with Crippen molar-refractivity contribution in [2.24, 2.45) is 0 Å². The first-order valence-corrected chi connectivity index (χ1v) is 11.7. The molecule has 1 aromatic carbocycles. The molecule has 1 atom stereocenters. The van der Waals surface area contributed by atoms with Gasteiger partial charge >= 0.3 is 6.18 Å². The van der Waals surface area contributed by atoms with Crippen LogP contribution in [-0.2, 0) is 15.8 Å². The second-order valence-corrected chi connectivity index (χ2v) is 9.62. The maximum absolute atomic E-state index is 13.4. The van der Waals surface area contributed by atoms with Crippen molar-refractivity contribution in [1.29, 1.82) is 0 Å². The lowest BCUT2D eigenvalue weighted by Crippen LogP contribution is -2.56. The predicted molar refractivity (Wildman–Crippen MR) is 110 cm³/mol. The van der Waals surface area contributed by atoms with Gasteiger partial charge in [-0.05, 0) is 36.7 Å². The zero-order chi connectivity index (χ0) is 23.3. The van der Waals surface area contributed by atoms with E-state index < -0.39 is 38.5 Å². The number of halogens is 5. The van der Waals surface area contributed by atoms with Crippen molar-refractivity contribution in [3.05, 3.63) is 52.9 Å². The Hall–Kier alpha value is -2.70. The number of alkyl halides is 3. The summed E-state index contributed by atoms with van der Waals surface area (Å²) in [6.07, 6.45) is -2.79. The van der Waals surface area contributed by atoms with Gasteiger partial charge in [0.1, 0.15) is 17.4 Å². The Morgan fingerprint density at radius 2 is 2.06 bits per heavy atom. The van der Waals surface area contributed by atoms with E-state index in [-0.39, 0.29) is 29.1 Å². The van der Waals surface area contributed by atoms with Crippen LogP contribution in [0.25, 0.3) is 0 Å². The van der Waals surface area contributed by atoms with Gasteiger partial charge in [0, 0.05) is 18.4 Å². The molecule has 0 saturated carbocycles. The fourth-order valence-electron chi connectivity index (χ4n) is 2.92. The maximum atomic E-state index is 13.4. The summed E-state index contributed by atoms with van der Waals surface area (Å²) >= 11 is 5.59. The van der Waals surface area contributed by atoms with Gasteiger partial charge in [-0.15, -0.1) is 0 Å². The number of nitrogens with one attached hydrogen (secondary N) is 3. The van der Waals surface area contributed by atoms with Crippen molar-refractivity contribution in [3.8, 4) is 5.75 Å². The number of carbonyl (C=O) groups is 2. The zero-order valence-corrected chi connectivity index (χ0v) is 18.2. The molecule has 1 aromatic heterocycles. The second-order valence-electron chi connectivity index (χ2n) is 6.91. The highest BCUT2D eigenvalue weighted by molar-refractivity contribution is 6.59. The number of hydrogen-bond acceptors (Lipinski definition) is 5. The Kier molecular flexibility index (Phi) is 7.69. The van der Waals surface area contributed by atoms with Crippen molar-refractivity contribution in [3.63, 3.8) is 0 Å². The molecule has 1 saturated heterocycles. The Labute approximate surface area is 187 Å². The summed E-state index contributed by atoms with van der Waals surface area (Å²) < 4.78 is 57.0. The summed E-state index contributed by atoms with van der Waals surface area (Å²) in [5.74, 6) is -1.56. The molecule has 32 heavy (non-hydrogen) atoms. The molecule has 3 N–H and O–H groups in total. The molecule has 13 heteroatoms. The Morgan fingerprint density at radius 1 is 1.28 bits per heavy atom. The van der Waals surface area contributed by atoms with E-state index >= 15 is 0 Å². The molecule has 2 aromatic rings. The van der Waals surface area contributed by atoms with Gasteiger partial charge in [-0.3, -0.25) is 9.59 Å². The van der Waals surface area contributed by atoms with Crippen LogP contribution in [-0.4, -0.2) is 44.6 Å². The Bertz CT molecular complexity index is 987. The summed E-state index contributed by atoms with van der Waals surface area (Å²) in [6.45, 7) is -0.305. The topological polar surface area (TPSA) is 92.3 Å². The molecule has 1 aliphatic heterocycles. The third kappa shape index (κ3) is 6.65. The van der Waals surface area contributed by atoms with Crippen LogP contribution in [0, 0.1) is 5.82 Å². The van der Waals surface area contributed by atoms with Gasteiger partial charge in [-0.25, -0.2) is 9.37 Å². The predicted octanol–water partition coefficient (Wildman–Crippen LogP) is 2.92. The lowest BCUT2D eigenvalue weighted by molar-refractivity contribution is -0.137. The molecule has 1 fully saturated rings. The first-order chi connectivity index (χ1) is 15.1. The number of anilines is 1. The number of amides is 2. The fraction of sp³-hybridized carbons (Fsp3) is 0.316. The minimum absolute atomic E-state index is 0.0528. The highest BCUT2D eigenvalue weighted by atomic mass is 35.5. The highest BCUT2D eigenvalue weighted by Crippen LogP contribution is 2.30. The number of nitrogens with zero attached hydrogens (tertiary/aromatic N) is 1. The first-order valence-electron chi connectivity index (χ1n) is 9.41. The average molecular weight is 490 g/mol. The minimum Gasteiger partial charge on any atom is -0.484 e. The Balaban J connectivity index is 1.43. The van der Waals surface area contributed by atoms with Crippen molar-refractivity contribution in [2.75, 3.05) is 18.1 Å². The summed E-state index contributed by atoms with van der Waals surface area (Å²) in [5, 5.41) is 5.32. The molecule has 7 nitrogen and oxygen atoms in total. The van der Waals surface area contributed by atoms with Gasteiger partial charge in [-0.1, -0.05) is 11.6 Å². The fourth-order valence-corrected chi connectivity index (χ4v) is 5.03. The number of aromatic nitrogens is 1. The summed E-state index contributed by atoms with van der Waals surface area (Å²) in [5.41, 5.74) is -0.906. The van der Waals surface area contributed by atoms with Crippen molar-refractivity contribution < 1.29 is 31.9 Å². The van der Waals surface area contributed by atoms with Crippen LogP contribution in [0.15, 0.2) is 36.5 Å². The molecule has 0 bridgehead atoms. The summed E-state index contributed by atoms with van der Waals surface area (Å²) in [6, 6.07) is 5.37. The van der Waals surface area contributed by atoms with Crippen LogP contribution >= 0.6 is 11.6 Å². The lowest BCUT2D eigenvalue weighted by atomic mass is 10.2. The molecule has 0 aliphatic carbocycles. The highest BCUT2D eigenvalue weighted by Gasteiger charge is 2.32. The number of pyridine rings is 1. The van der Waals surface area contributed by atoms with Gasteiger partial charge in [0.25, 0.3) is 0 Å². The molecule has 1 radical (unpaired) electrons. The van der Waals surface area contributed by atoms with Crippen LogP contribution in [0.4, 0.5) is 23.4 Å². The molecule has 0 unspecified atom stereocenters. The van der Waals surface area contributed by atoms with Gasteiger partial charge in [0.15, 0.2) is 15.6 Å². The van der Waals surface area contributed by atoms with E-state index in [1.165, 1.54) is 12.1 Å². The number of ether oxygens (including phenoxy) is 1. The maximum Gasteiger partial charge on any atom is 0.416 e. The molecular formula is C19H18ClF4N4O3Si. The summed E-state index contributed by atoms with van der Waals surface area (Å²) in [4.78, 5) is 31.0. The first kappa shape index (κ1) is 23.9. The summed E-state index contributed by atoms with van der Waals surface area (Å²) in [7, 11) is -1.36. The van der Waals surface area contributed by atoms with E-state index in [9.17, 15) is 27.2 Å². The standard InChI is InChI=1S/C19H18ClF4N4O3Si/c20-13-2-1-12(8-14(13)21)31-9-17(29)28-32-6-4-15(26-10-32)18(30)27-16-7-11(3-5-25-16)19(22,23)24/h1-3,5,7-8,15,26H,4,6,9-10H2,(H,28,29)(H,25,27,30)/t15-/m1/s1. The molecule has 1 aliphatic rings. The van der Waals surface area contributed by atoms with Gasteiger partial charge < -0.3 is 20.4 Å². The van der Waals surface area contributed by atoms with Gasteiger partial charge in [-0.2, -0.15) is 13.2 Å². The molecule has 171 valence electrons. The second kappa shape index (κ2) is 10.3. The molecule has 2 heterocycles. The van der Waals surface area contributed by atoms with E-state index in [4.69, 9.17) is 16.3 Å². The van der Waals surface area contributed by atoms with E-state index in [0.29, 0.717) is 18.6 Å². The minimum atomic E-state index is -4.54. The van der Waals surface area contributed by atoms with Crippen LogP contribution in [0.3, 0.4) is 0 Å². The van der Waals surface area contributed by atoms with Crippen LogP contribution in [0.5, 0.6) is 5.75 Å². The number of benzene rings is 1. The smallest absolute Gasteiger partial charge is 0.416 e. The van der Waals surface area contributed by atoms with Gasteiger partial charge in [0.05, 0.1) is 16.6 Å². The van der Waals surface area contributed by atoms with E-state index in [1.807, 2.05) is 0 Å². The van der Waals surface area contributed by atoms with Crippen molar-refractivity contribution in [1.82, 2.24) is 15.3 Å². The van der Waals surface area contributed by atoms with E-state index in [2.05, 4.69) is 20.6 Å². The molecule has 3 rings (SSSR count). The largest absolute Gasteiger partial charge is 0.484 e. The van der Waals surface area contributed by atoms with Crippen molar-refractivity contribution >= 4 is 38.2 Å². The Morgan fingerprint density at radius 3 is 2.72 bits per heavy atom. The van der Waals surface area contributed by atoms with Crippen LogP contribution in [0.2, 0.25) is 11.1 Å². The normalized spacial score (nSPS) is 17.0. The number of hydrogen-bond donors (Lipinski definition) is 3. The number of carbonyl (C=O) groups excluding carboxylic acids is 2. The van der Waals surface area contributed by atoms with Gasteiger partial charge in [0.2, 0.25) is 11.8 Å². The van der Waals surface area contributed by atoms with Crippen molar-refractivity contribution in [2.45, 2.75) is 24.7 Å². The zero-order valence-electron chi connectivity index (χ0n) is 16.4. The third-order valence-corrected chi connectivity index (χ3v) is 6.99. The van der Waals surface area contributed by atoms with Crippen LogP contribution in [0.1, 0.15) is 12.0 Å². The van der Waals surface area contributed by atoms with Crippen LogP contribution < -0.4 is 20.4 Å². The lowest BCUT2D eigenvalue weighted by Gasteiger charge is -2.28. The quantitative estimate of drug-likeness (QED) is 0.428. The SMILES string of the molecule is O=C(COc1ccc(Cl)c(F)c1)N[Si]1CC[C@H](C(=O)Nc2cc(C(F)(F)F)ccn2)NC1. The molecular weight excluding hydrogens is 472 g/mol. The third-order valence-electron chi connectivity index (χ3n) is 4.53.